The van der Waals surface area contributed by atoms with Crippen molar-refractivity contribution in [3.8, 4) is 5.75 Å². The Balaban J connectivity index is 2.01. The van der Waals surface area contributed by atoms with Crippen molar-refractivity contribution in [2.24, 2.45) is 0 Å². The van der Waals surface area contributed by atoms with Crippen LogP contribution in [0.4, 0.5) is 5.69 Å². The Morgan fingerprint density at radius 3 is 2.32 bits per heavy atom. The zero-order valence-electron chi connectivity index (χ0n) is 13.9. The average Bonchev–Trinajstić information content (AvgIpc) is 2.45. The third-order valence-electron chi connectivity index (χ3n) is 3.82. The minimum Gasteiger partial charge on any atom is -0.483 e. The molecule has 0 radical (unpaired) electrons. The van der Waals surface area contributed by atoms with E-state index in [4.69, 9.17) is 4.74 Å². The first kappa shape index (κ1) is 16.1. The summed E-state index contributed by atoms with van der Waals surface area (Å²) in [7, 11) is 0. The zero-order chi connectivity index (χ0) is 16.3. The Morgan fingerprint density at radius 2 is 1.59 bits per heavy atom. The topological polar surface area (TPSA) is 38.3 Å². The molecule has 1 N–H and O–H groups in total. The van der Waals surface area contributed by atoms with Gasteiger partial charge in [-0.2, -0.15) is 0 Å². The van der Waals surface area contributed by atoms with Crippen molar-refractivity contribution in [1.29, 1.82) is 0 Å². The van der Waals surface area contributed by atoms with E-state index in [-0.39, 0.29) is 12.5 Å². The summed E-state index contributed by atoms with van der Waals surface area (Å²) in [6.07, 6.45) is 0. The summed E-state index contributed by atoms with van der Waals surface area (Å²) in [6.45, 7) is 10.1. The van der Waals surface area contributed by atoms with Gasteiger partial charge in [0, 0.05) is 5.69 Å². The minimum atomic E-state index is -0.147. The fourth-order valence-corrected chi connectivity index (χ4v) is 2.29. The molecular weight excluding hydrogens is 274 g/mol. The molecule has 116 valence electrons. The van der Waals surface area contributed by atoms with E-state index in [1.54, 1.807) is 0 Å². The van der Waals surface area contributed by atoms with Gasteiger partial charge in [0.05, 0.1) is 0 Å². The van der Waals surface area contributed by atoms with Gasteiger partial charge in [0.25, 0.3) is 5.91 Å². The Labute approximate surface area is 132 Å². The summed E-state index contributed by atoms with van der Waals surface area (Å²) in [4.78, 5) is 12.1. The molecule has 2 aromatic rings. The quantitative estimate of drug-likeness (QED) is 0.916. The van der Waals surface area contributed by atoms with Gasteiger partial charge in [0.2, 0.25) is 0 Å². The Kier molecular flexibility index (Phi) is 4.86. The molecule has 0 aliphatic carbocycles. The molecule has 3 heteroatoms. The third-order valence-corrected chi connectivity index (χ3v) is 3.82. The van der Waals surface area contributed by atoms with Crippen LogP contribution >= 0.6 is 0 Å². The maximum absolute atomic E-state index is 12.1. The molecule has 1 amide bonds. The maximum atomic E-state index is 12.1. The van der Waals surface area contributed by atoms with E-state index >= 15 is 0 Å². The molecular formula is C19H23NO2. The van der Waals surface area contributed by atoms with Crippen molar-refractivity contribution in [2.45, 2.75) is 34.6 Å². The molecule has 0 aliphatic heterocycles. The van der Waals surface area contributed by atoms with Crippen LogP contribution in [-0.4, -0.2) is 12.5 Å². The van der Waals surface area contributed by atoms with Crippen LogP contribution in [0.25, 0.3) is 0 Å². The number of aryl methyl sites for hydroxylation is 5. The lowest BCUT2D eigenvalue weighted by atomic mass is 10.1. The number of carbonyl (C=O) groups excluding carboxylic acids is 1. The molecule has 0 fully saturated rings. The number of carbonyl (C=O) groups is 1. The number of anilines is 1. The van der Waals surface area contributed by atoms with Crippen LogP contribution in [-0.2, 0) is 4.79 Å². The van der Waals surface area contributed by atoms with Crippen molar-refractivity contribution < 1.29 is 9.53 Å². The highest BCUT2D eigenvalue weighted by Gasteiger charge is 2.08. The molecule has 0 spiro atoms. The normalized spacial score (nSPS) is 10.4. The van der Waals surface area contributed by atoms with E-state index in [2.05, 4.69) is 18.3 Å². The first-order chi connectivity index (χ1) is 10.4. The summed E-state index contributed by atoms with van der Waals surface area (Å²) in [6, 6.07) is 10.1. The summed E-state index contributed by atoms with van der Waals surface area (Å²) >= 11 is 0. The second-order valence-corrected chi connectivity index (χ2v) is 5.86. The number of amides is 1. The van der Waals surface area contributed by atoms with Gasteiger partial charge >= 0.3 is 0 Å². The predicted octanol–water partition coefficient (Wildman–Crippen LogP) is 4.25. The van der Waals surface area contributed by atoms with Crippen LogP contribution in [0, 0.1) is 34.6 Å². The van der Waals surface area contributed by atoms with Crippen LogP contribution in [0.1, 0.15) is 27.8 Å². The number of benzene rings is 2. The first-order valence-corrected chi connectivity index (χ1v) is 7.44. The van der Waals surface area contributed by atoms with E-state index in [0.29, 0.717) is 0 Å². The van der Waals surface area contributed by atoms with Gasteiger partial charge < -0.3 is 10.1 Å². The Bertz CT molecular complexity index is 705. The zero-order valence-corrected chi connectivity index (χ0v) is 13.9. The molecule has 0 unspecified atom stereocenters. The standard InChI is InChI=1S/C19H23NO2/c1-12-6-7-13(2)17(8-12)20-19(21)11-22-18-10-15(4)14(3)9-16(18)5/h6-10H,11H2,1-5H3,(H,20,21). The van der Waals surface area contributed by atoms with Crippen molar-refractivity contribution in [3.63, 3.8) is 0 Å². The Hall–Kier alpha value is -2.29. The third kappa shape index (κ3) is 3.88. The number of hydrogen-bond acceptors (Lipinski definition) is 2. The molecule has 0 atom stereocenters. The van der Waals surface area contributed by atoms with Crippen molar-refractivity contribution >= 4 is 11.6 Å². The van der Waals surface area contributed by atoms with Gasteiger partial charge in [-0.3, -0.25) is 4.79 Å². The van der Waals surface area contributed by atoms with Gasteiger partial charge in [0.15, 0.2) is 6.61 Å². The second kappa shape index (κ2) is 6.65. The van der Waals surface area contributed by atoms with Crippen molar-refractivity contribution in [3.05, 3.63) is 58.1 Å². The largest absolute Gasteiger partial charge is 0.483 e. The number of nitrogens with one attached hydrogen (secondary N) is 1. The van der Waals surface area contributed by atoms with E-state index < -0.39 is 0 Å². The predicted molar refractivity (Wildman–Crippen MR) is 90.7 cm³/mol. The molecule has 2 rings (SSSR count). The van der Waals surface area contributed by atoms with Gasteiger partial charge in [-0.25, -0.2) is 0 Å². The lowest BCUT2D eigenvalue weighted by molar-refractivity contribution is -0.118. The Morgan fingerprint density at radius 1 is 0.909 bits per heavy atom. The SMILES string of the molecule is Cc1ccc(C)c(NC(=O)COc2cc(C)c(C)cc2C)c1. The second-order valence-electron chi connectivity index (χ2n) is 5.86. The highest BCUT2D eigenvalue weighted by Crippen LogP contribution is 2.22. The van der Waals surface area contributed by atoms with Crippen LogP contribution < -0.4 is 10.1 Å². The van der Waals surface area contributed by atoms with Crippen LogP contribution in [0.2, 0.25) is 0 Å². The monoisotopic (exact) mass is 297 g/mol. The summed E-state index contributed by atoms with van der Waals surface area (Å²) in [5, 5.41) is 2.90. The minimum absolute atomic E-state index is 0.0106. The van der Waals surface area contributed by atoms with E-state index in [0.717, 1.165) is 33.7 Å². The maximum Gasteiger partial charge on any atom is 0.262 e. The number of rotatable bonds is 4. The molecule has 0 heterocycles. The fraction of sp³-hybridized carbons (Fsp3) is 0.316. The molecule has 3 nitrogen and oxygen atoms in total. The summed E-state index contributed by atoms with van der Waals surface area (Å²) in [5.74, 6) is 0.616. The van der Waals surface area contributed by atoms with E-state index in [9.17, 15) is 4.79 Å². The lowest BCUT2D eigenvalue weighted by Crippen LogP contribution is -2.21. The van der Waals surface area contributed by atoms with Gasteiger partial charge in [0.1, 0.15) is 5.75 Å². The van der Waals surface area contributed by atoms with Crippen LogP contribution in [0.3, 0.4) is 0 Å². The molecule has 0 saturated heterocycles. The highest BCUT2D eigenvalue weighted by atomic mass is 16.5. The fourth-order valence-electron chi connectivity index (χ4n) is 2.29. The molecule has 2 aromatic carbocycles. The molecule has 22 heavy (non-hydrogen) atoms. The molecule has 0 aliphatic rings. The summed E-state index contributed by atoms with van der Waals surface area (Å²) in [5.41, 5.74) is 6.43. The van der Waals surface area contributed by atoms with Crippen molar-refractivity contribution in [1.82, 2.24) is 0 Å². The van der Waals surface area contributed by atoms with Gasteiger partial charge in [-0.1, -0.05) is 18.2 Å². The first-order valence-electron chi connectivity index (χ1n) is 7.44. The number of ether oxygens (including phenoxy) is 1. The van der Waals surface area contributed by atoms with Crippen LogP contribution in [0.15, 0.2) is 30.3 Å². The average molecular weight is 297 g/mol. The molecule has 0 bridgehead atoms. The molecule has 0 saturated carbocycles. The van der Waals surface area contributed by atoms with E-state index in [1.165, 1.54) is 5.56 Å². The van der Waals surface area contributed by atoms with Crippen LogP contribution in [0.5, 0.6) is 5.75 Å². The van der Waals surface area contributed by atoms with Gasteiger partial charge in [-0.05, 0) is 74.6 Å². The highest BCUT2D eigenvalue weighted by molar-refractivity contribution is 5.92. The summed E-state index contributed by atoms with van der Waals surface area (Å²) < 4.78 is 5.66. The van der Waals surface area contributed by atoms with Gasteiger partial charge in [-0.15, -0.1) is 0 Å². The number of hydrogen-bond donors (Lipinski definition) is 1. The smallest absolute Gasteiger partial charge is 0.262 e. The van der Waals surface area contributed by atoms with E-state index in [1.807, 2.05) is 52.0 Å². The molecule has 0 aromatic heterocycles. The lowest BCUT2D eigenvalue weighted by Gasteiger charge is -2.13. The van der Waals surface area contributed by atoms with Crippen molar-refractivity contribution in [2.75, 3.05) is 11.9 Å².